The van der Waals surface area contributed by atoms with Crippen LogP contribution in [-0.2, 0) is 20.0 Å². The van der Waals surface area contributed by atoms with Gasteiger partial charge in [-0.1, -0.05) is 0 Å². The van der Waals surface area contributed by atoms with E-state index in [1.54, 1.807) is 0 Å². The van der Waals surface area contributed by atoms with E-state index < -0.39 is 20.0 Å². The molecule has 2 rings (SSSR count). The van der Waals surface area contributed by atoms with E-state index in [9.17, 15) is 16.8 Å². The van der Waals surface area contributed by atoms with Crippen LogP contribution in [0.1, 0.15) is 19.8 Å². The molecule has 0 aromatic carbocycles. The molecule has 1 heterocycles. The van der Waals surface area contributed by atoms with Gasteiger partial charge in [0.05, 0.1) is 11.5 Å². The van der Waals surface area contributed by atoms with E-state index in [1.807, 2.05) is 0 Å². The first-order valence-corrected chi connectivity index (χ1v) is 10.2. The number of nitrogens with one attached hydrogen (secondary N) is 1. The van der Waals surface area contributed by atoms with Crippen LogP contribution in [0.3, 0.4) is 0 Å². The number of nitrogens with zero attached hydrogens (tertiary/aromatic N) is 1. The Balaban J connectivity index is 1.89. The van der Waals surface area contributed by atoms with E-state index in [0.29, 0.717) is 19.0 Å². The van der Waals surface area contributed by atoms with Gasteiger partial charge in [0, 0.05) is 25.7 Å². The minimum atomic E-state index is -3.41. The zero-order valence-electron chi connectivity index (χ0n) is 11.7. The van der Waals surface area contributed by atoms with Gasteiger partial charge in [0.2, 0.25) is 20.0 Å². The van der Waals surface area contributed by atoms with Crippen LogP contribution >= 0.6 is 0 Å². The number of fused-ring (bicyclic) bond motifs is 1. The Morgan fingerprint density at radius 2 is 1.90 bits per heavy atom. The topological polar surface area (TPSA) is 110 Å². The highest BCUT2D eigenvalue weighted by molar-refractivity contribution is 7.90. The highest BCUT2D eigenvalue weighted by Crippen LogP contribution is 2.38. The number of nitrogens with two attached hydrogens (primary N) is 1. The van der Waals surface area contributed by atoms with Crippen LogP contribution in [0, 0.1) is 11.8 Å². The molecule has 0 radical (unpaired) electrons. The van der Waals surface area contributed by atoms with Crippen LogP contribution < -0.4 is 10.5 Å². The second-order valence-electron chi connectivity index (χ2n) is 5.60. The fourth-order valence-electron chi connectivity index (χ4n) is 3.05. The number of hydrogen-bond donors (Lipinski definition) is 2. The molecule has 0 spiro atoms. The molecule has 118 valence electrons. The molecular weight excluding hydrogens is 302 g/mol. The summed E-state index contributed by atoms with van der Waals surface area (Å²) in [6, 6.07) is 0.0961. The Hall–Kier alpha value is -0.220. The molecule has 0 amide bonds. The summed E-state index contributed by atoms with van der Waals surface area (Å²) >= 11 is 0. The Labute approximate surface area is 121 Å². The molecular formula is C11H23N3O4S2. The van der Waals surface area contributed by atoms with Gasteiger partial charge in [0.15, 0.2) is 0 Å². The third-order valence-electron chi connectivity index (χ3n) is 4.33. The van der Waals surface area contributed by atoms with Crippen molar-refractivity contribution in [3.8, 4) is 0 Å². The Kier molecular flexibility index (Phi) is 4.75. The summed E-state index contributed by atoms with van der Waals surface area (Å²) in [5.41, 5.74) is 5.99. The first-order valence-electron chi connectivity index (χ1n) is 6.96. The van der Waals surface area contributed by atoms with Gasteiger partial charge in [0.25, 0.3) is 0 Å². The molecule has 2 fully saturated rings. The molecule has 1 saturated heterocycles. The molecule has 9 heteroatoms. The third kappa shape index (κ3) is 3.51. The summed E-state index contributed by atoms with van der Waals surface area (Å²) in [5.74, 6) is 0.389. The van der Waals surface area contributed by atoms with Gasteiger partial charge in [-0.05, 0) is 31.6 Å². The van der Waals surface area contributed by atoms with Crippen molar-refractivity contribution < 1.29 is 16.8 Å². The van der Waals surface area contributed by atoms with Crippen molar-refractivity contribution in [2.45, 2.75) is 25.8 Å². The Morgan fingerprint density at radius 1 is 1.20 bits per heavy atom. The lowest BCUT2D eigenvalue weighted by Gasteiger charge is -2.18. The van der Waals surface area contributed by atoms with Crippen LogP contribution in [-0.4, -0.2) is 58.3 Å². The summed E-state index contributed by atoms with van der Waals surface area (Å²) < 4.78 is 50.7. The van der Waals surface area contributed by atoms with Crippen LogP contribution in [0.2, 0.25) is 0 Å². The maximum Gasteiger partial charge on any atom is 0.215 e. The average molecular weight is 325 g/mol. The van der Waals surface area contributed by atoms with Gasteiger partial charge < -0.3 is 5.73 Å². The van der Waals surface area contributed by atoms with E-state index in [4.69, 9.17) is 5.73 Å². The van der Waals surface area contributed by atoms with Crippen molar-refractivity contribution >= 4 is 20.0 Å². The Bertz CT molecular complexity index is 546. The SMILES string of the molecule is CCS(=O)(=O)NCCS(=O)(=O)N1CC2CCC(N)C2C1. The molecule has 0 aromatic rings. The summed E-state index contributed by atoms with van der Waals surface area (Å²) in [5, 5.41) is 0. The maximum absolute atomic E-state index is 12.2. The normalized spacial score (nSPS) is 31.6. The monoisotopic (exact) mass is 325 g/mol. The van der Waals surface area contributed by atoms with Crippen LogP contribution in [0.25, 0.3) is 0 Å². The first-order chi connectivity index (χ1) is 9.25. The fraction of sp³-hybridized carbons (Fsp3) is 1.00. The molecule has 3 N–H and O–H groups in total. The molecule has 20 heavy (non-hydrogen) atoms. The predicted octanol–water partition coefficient (Wildman–Crippen LogP) is -1.08. The average Bonchev–Trinajstić information content (AvgIpc) is 2.92. The van der Waals surface area contributed by atoms with Gasteiger partial charge in [-0.3, -0.25) is 0 Å². The van der Waals surface area contributed by atoms with Gasteiger partial charge in [-0.25, -0.2) is 25.9 Å². The largest absolute Gasteiger partial charge is 0.327 e. The first kappa shape index (κ1) is 16.2. The van der Waals surface area contributed by atoms with Crippen molar-refractivity contribution in [1.29, 1.82) is 0 Å². The maximum atomic E-state index is 12.2. The van der Waals surface area contributed by atoms with Crippen molar-refractivity contribution in [1.82, 2.24) is 9.03 Å². The smallest absolute Gasteiger partial charge is 0.215 e. The van der Waals surface area contributed by atoms with E-state index >= 15 is 0 Å². The second kappa shape index (κ2) is 5.88. The van der Waals surface area contributed by atoms with E-state index in [2.05, 4.69) is 4.72 Å². The third-order valence-corrected chi connectivity index (χ3v) is 7.54. The van der Waals surface area contributed by atoms with E-state index in [1.165, 1.54) is 11.2 Å². The lowest BCUT2D eigenvalue weighted by atomic mass is 9.98. The van der Waals surface area contributed by atoms with Crippen molar-refractivity contribution in [3.05, 3.63) is 0 Å². The number of hydrogen-bond acceptors (Lipinski definition) is 5. The molecule has 2 aliphatic rings. The summed E-state index contributed by atoms with van der Waals surface area (Å²) in [6.07, 6.45) is 1.96. The lowest BCUT2D eigenvalue weighted by Crippen LogP contribution is -2.38. The Morgan fingerprint density at radius 3 is 2.50 bits per heavy atom. The number of sulfonamides is 2. The summed E-state index contributed by atoms with van der Waals surface area (Å²) in [4.78, 5) is 0. The zero-order chi connectivity index (χ0) is 15.0. The number of rotatable bonds is 6. The molecule has 0 bridgehead atoms. The van der Waals surface area contributed by atoms with E-state index in [-0.39, 0.29) is 30.0 Å². The lowest BCUT2D eigenvalue weighted by molar-refractivity contribution is 0.427. The van der Waals surface area contributed by atoms with Crippen LogP contribution in [0.4, 0.5) is 0 Å². The van der Waals surface area contributed by atoms with Crippen molar-refractivity contribution in [3.63, 3.8) is 0 Å². The standard InChI is InChI=1S/C11H23N3O4S2/c1-2-19(15,16)13-5-6-20(17,18)14-7-9-3-4-11(12)10(9)8-14/h9-11,13H,2-8,12H2,1H3. The van der Waals surface area contributed by atoms with Gasteiger partial charge in [-0.2, -0.15) is 0 Å². The van der Waals surface area contributed by atoms with Gasteiger partial charge >= 0.3 is 0 Å². The predicted molar refractivity (Wildman–Crippen MR) is 77.0 cm³/mol. The highest BCUT2D eigenvalue weighted by atomic mass is 32.2. The highest BCUT2D eigenvalue weighted by Gasteiger charge is 2.44. The van der Waals surface area contributed by atoms with Gasteiger partial charge in [-0.15, -0.1) is 0 Å². The quantitative estimate of drug-likeness (QED) is 0.646. The minimum Gasteiger partial charge on any atom is -0.327 e. The minimum absolute atomic E-state index is 0.0459. The molecule has 7 nitrogen and oxygen atoms in total. The zero-order valence-corrected chi connectivity index (χ0v) is 13.3. The fourth-order valence-corrected chi connectivity index (χ4v) is 5.23. The molecule has 1 aliphatic carbocycles. The molecule has 1 aliphatic heterocycles. The molecule has 1 saturated carbocycles. The molecule has 0 aromatic heterocycles. The summed E-state index contributed by atoms with van der Waals surface area (Å²) in [6.45, 7) is 2.45. The molecule has 3 unspecified atom stereocenters. The van der Waals surface area contributed by atoms with Gasteiger partial charge in [0.1, 0.15) is 0 Å². The molecule has 3 atom stereocenters. The van der Waals surface area contributed by atoms with Crippen molar-refractivity contribution in [2.75, 3.05) is 31.1 Å². The van der Waals surface area contributed by atoms with Crippen LogP contribution in [0.5, 0.6) is 0 Å². The summed E-state index contributed by atoms with van der Waals surface area (Å²) in [7, 11) is -6.75. The van der Waals surface area contributed by atoms with Crippen LogP contribution in [0.15, 0.2) is 0 Å². The van der Waals surface area contributed by atoms with E-state index in [0.717, 1.165) is 12.8 Å². The van der Waals surface area contributed by atoms with Crippen molar-refractivity contribution in [2.24, 2.45) is 17.6 Å². The second-order valence-corrected chi connectivity index (χ2v) is 9.78.